The number of sulfonamides is 1. The fourth-order valence-corrected chi connectivity index (χ4v) is 5.77. The number of hydrogen-bond donors (Lipinski definition) is 1. The van der Waals surface area contributed by atoms with Gasteiger partial charge in [0, 0.05) is 6.54 Å². The predicted octanol–water partition coefficient (Wildman–Crippen LogP) is 2.92. The first kappa shape index (κ1) is 20.3. The summed E-state index contributed by atoms with van der Waals surface area (Å²) in [5, 5.41) is 14.4. The Balaban J connectivity index is 1.79. The normalized spacial score (nSPS) is 20.6. The van der Waals surface area contributed by atoms with Crippen molar-refractivity contribution in [2.45, 2.75) is 45.6 Å². The van der Waals surface area contributed by atoms with Gasteiger partial charge in [-0.3, -0.25) is 4.31 Å². The molecule has 0 radical (unpaired) electrons. The van der Waals surface area contributed by atoms with Gasteiger partial charge in [0.25, 0.3) is 0 Å². The van der Waals surface area contributed by atoms with E-state index in [1.807, 2.05) is 32.9 Å². The summed E-state index contributed by atoms with van der Waals surface area (Å²) in [6.45, 7) is 6.37. The van der Waals surface area contributed by atoms with Crippen molar-refractivity contribution in [3.8, 4) is 11.9 Å². The largest absolute Gasteiger partial charge is 0.422 e. The highest BCUT2D eigenvalue weighted by Gasteiger charge is 2.36. The molecular weight excluding hydrogens is 402 g/mol. The van der Waals surface area contributed by atoms with E-state index in [1.165, 1.54) is 4.31 Å². The monoisotopic (exact) mass is 427 g/mol. The van der Waals surface area contributed by atoms with Gasteiger partial charge in [0.05, 0.1) is 34.7 Å². The van der Waals surface area contributed by atoms with E-state index >= 15 is 0 Å². The van der Waals surface area contributed by atoms with Crippen LogP contribution >= 0.6 is 0 Å². The second-order valence-electron chi connectivity index (χ2n) is 7.95. The Morgan fingerprint density at radius 1 is 1.27 bits per heavy atom. The number of aryl methyl sites for hydroxylation is 1. The molecule has 8 nitrogen and oxygen atoms in total. The fourth-order valence-electron chi connectivity index (χ4n) is 4.13. The molecule has 0 bridgehead atoms. The Bertz CT molecular complexity index is 1160. The number of fused-ring (bicyclic) bond motifs is 1. The molecule has 0 saturated carbocycles. The van der Waals surface area contributed by atoms with Crippen LogP contribution in [0, 0.1) is 18.3 Å². The van der Waals surface area contributed by atoms with Gasteiger partial charge in [-0.1, -0.05) is 12.1 Å². The molecule has 3 heterocycles. The third kappa shape index (κ3) is 3.21. The Morgan fingerprint density at radius 3 is 2.57 bits per heavy atom. The van der Waals surface area contributed by atoms with Gasteiger partial charge in [0.1, 0.15) is 11.6 Å². The molecule has 9 heteroatoms. The van der Waals surface area contributed by atoms with Gasteiger partial charge in [0.15, 0.2) is 0 Å². The minimum atomic E-state index is -3.28. The SMILES string of the molecule is Cc1nn(C(C)C)c2c1C(c1ccc(N3CCCCS3(=O)=O)cc1)C(C#N)=C(N)O2. The number of benzene rings is 1. The van der Waals surface area contributed by atoms with Crippen molar-refractivity contribution in [1.29, 1.82) is 5.26 Å². The lowest BCUT2D eigenvalue weighted by atomic mass is 9.84. The summed E-state index contributed by atoms with van der Waals surface area (Å²) in [5.74, 6) is 0.369. The van der Waals surface area contributed by atoms with Gasteiger partial charge < -0.3 is 10.5 Å². The molecule has 1 saturated heterocycles. The van der Waals surface area contributed by atoms with Gasteiger partial charge in [-0.2, -0.15) is 10.4 Å². The first-order chi connectivity index (χ1) is 14.2. The Hall–Kier alpha value is -2.99. The highest BCUT2D eigenvalue weighted by atomic mass is 32.2. The molecule has 0 spiro atoms. The van der Waals surface area contributed by atoms with E-state index in [2.05, 4.69) is 11.2 Å². The zero-order valence-corrected chi connectivity index (χ0v) is 18.1. The third-order valence-corrected chi connectivity index (χ3v) is 7.48. The highest BCUT2D eigenvalue weighted by molar-refractivity contribution is 7.92. The minimum absolute atomic E-state index is 0.0659. The van der Waals surface area contributed by atoms with E-state index in [-0.39, 0.29) is 17.7 Å². The van der Waals surface area contributed by atoms with Gasteiger partial charge in [0.2, 0.25) is 21.8 Å². The second-order valence-corrected chi connectivity index (χ2v) is 9.97. The topological polar surface area (TPSA) is 114 Å². The van der Waals surface area contributed by atoms with Crippen LogP contribution in [0.5, 0.6) is 5.88 Å². The van der Waals surface area contributed by atoms with Crippen molar-refractivity contribution in [3.63, 3.8) is 0 Å². The van der Waals surface area contributed by atoms with Gasteiger partial charge >= 0.3 is 0 Å². The summed E-state index contributed by atoms with van der Waals surface area (Å²) in [6.07, 6.45) is 1.53. The van der Waals surface area contributed by atoms with Crippen molar-refractivity contribution >= 4 is 15.7 Å². The van der Waals surface area contributed by atoms with E-state index in [0.29, 0.717) is 30.1 Å². The smallest absolute Gasteiger partial charge is 0.235 e. The first-order valence-electron chi connectivity index (χ1n) is 10.0. The molecule has 4 rings (SSSR count). The number of ether oxygens (including phenoxy) is 1. The molecule has 1 fully saturated rings. The Labute approximate surface area is 176 Å². The van der Waals surface area contributed by atoms with Crippen LogP contribution in [-0.2, 0) is 10.0 Å². The number of aromatic nitrogens is 2. The Kier molecular flexibility index (Phi) is 4.98. The fraction of sp³-hybridized carbons (Fsp3) is 0.429. The number of nitrogens with zero attached hydrogens (tertiary/aromatic N) is 4. The van der Waals surface area contributed by atoms with Gasteiger partial charge in [-0.05, 0) is 51.3 Å². The summed E-state index contributed by atoms with van der Waals surface area (Å²) in [7, 11) is -3.28. The number of anilines is 1. The van der Waals surface area contributed by atoms with E-state index in [1.54, 1.807) is 16.8 Å². The van der Waals surface area contributed by atoms with Crippen LogP contribution in [0.25, 0.3) is 0 Å². The maximum Gasteiger partial charge on any atom is 0.235 e. The van der Waals surface area contributed by atoms with E-state index in [4.69, 9.17) is 10.5 Å². The van der Waals surface area contributed by atoms with Crippen molar-refractivity contribution in [3.05, 3.63) is 52.5 Å². The molecule has 1 unspecified atom stereocenters. The second kappa shape index (κ2) is 7.36. The lowest BCUT2D eigenvalue weighted by Gasteiger charge is -2.29. The van der Waals surface area contributed by atoms with Gasteiger partial charge in [-0.25, -0.2) is 13.1 Å². The van der Waals surface area contributed by atoms with Crippen LogP contribution in [0.3, 0.4) is 0 Å². The molecule has 2 aliphatic rings. The lowest BCUT2D eigenvalue weighted by molar-refractivity contribution is 0.334. The molecule has 2 aromatic rings. The van der Waals surface area contributed by atoms with Crippen molar-refractivity contribution in [2.24, 2.45) is 5.73 Å². The van der Waals surface area contributed by atoms with Crippen molar-refractivity contribution < 1.29 is 13.2 Å². The number of hydrogen-bond acceptors (Lipinski definition) is 6. The van der Waals surface area contributed by atoms with E-state index < -0.39 is 15.9 Å². The zero-order chi connectivity index (χ0) is 21.6. The molecule has 1 aromatic carbocycles. The molecule has 30 heavy (non-hydrogen) atoms. The average Bonchev–Trinajstić information content (AvgIpc) is 3.03. The predicted molar refractivity (Wildman–Crippen MR) is 113 cm³/mol. The molecule has 0 amide bonds. The highest BCUT2D eigenvalue weighted by Crippen LogP contribution is 2.44. The first-order valence-corrected chi connectivity index (χ1v) is 11.6. The standard InChI is InChI=1S/C21H25N5O3S/c1-13(2)26-21-18(14(3)24-26)19(17(12-22)20(23)29-21)15-6-8-16(9-7-15)25-10-4-5-11-30(25,27)28/h6-9,13,19H,4-5,10-11,23H2,1-3H3. The summed E-state index contributed by atoms with van der Waals surface area (Å²) < 4.78 is 33.9. The maximum atomic E-state index is 12.4. The summed E-state index contributed by atoms with van der Waals surface area (Å²) >= 11 is 0. The maximum absolute atomic E-state index is 12.4. The van der Waals surface area contributed by atoms with Crippen LogP contribution in [0.15, 0.2) is 35.7 Å². The number of allylic oxidation sites excluding steroid dienone is 1. The summed E-state index contributed by atoms with van der Waals surface area (Å²) in [5.41, 5.74) is 9.48. The van der Waals surface area contributed by atoms with Crippen LogP contribution in [0.2, 0.25) is 0 Å². The summed E-state index contributed by atoms with van der Waals surface area (Å²) in [4.78, 5) is 0. The van der Waals surface area contributed by atoms with Crippen molar-refractivity contribution in [1.82, 2.24) is 9.78 Å². The minimum Gasteiger partial charge on any atom is -0.422 e. The molecule has 2 aliphatic heterocycles. The van der Waals surface area contributed by atoms with Crippen LogP contribution in [-0.4, -0.2) is 30.5 Å². The third-order valence-electron chi connectivity index (χ3n) is 5.61. The molecule has 1 aromatic heterocycles. The average molecular weight is 428 g/mol. The lowest BCUT2D eigenvalue weighted by Crippen LogP contribution is -2.37. The quantitative estimate of drug-likeness (QED) is 0.805. The molecule has 1 atom stereocenters. The Morgan fingerprint density at radius 2 is 1.97 bits per heavy atom. The van der Waals surface area contributed by atoms with Crippen LogP contribution < -0.4 is 14.8 Å². The number of nitrogens with two attached hydrogens (primary N) is 1. The molecule has 2 N–H and O–H groups in total. The van der Waals surface area contributed by atoms with E-state index in [9.17, 15) is 13.7 Å². The van der Waals surface area contributed by atoms with Gasteiger partial charge in [-0.15, -0.1) is 0 Å². The number of nitriles is 1. The van der Waals surface area contributed by atoms with E-state index in [0.717, 1.165) is 23.2 Å². The van der Waals surface area contributed by atoms with Crippen LogP contribution in [0.4, 0.5) is 5.69 Å². The zero-order valence-electron chi connectivity index (χ0n) is 17.3. The summed E-state index contributed by atoms with van der Waals surface area (Å²) in [6, 6.07) is 9.55. The number of rotatable bonds is 3. The molecule has 158 valence electrons. The molecular formula is C21H25N5O3S. The van der Waals surface area contributed by atoms with Crippen LogP contribution in [0.1, 0.15) is 55.5 Å². The van der Waals surface area contributed by atoms with Crippen molar-refractivity contribution in [2.75, 3.05) is 16.6 Å². The molecule has 0 aliphatic carbocycles.